The zero-order chi connectivity index (χ0) is 21.1. The first kappa shape index (κ1) is 21.5. The van der Waals surface area contributed by atoms with Gasteiger partial charge in [0.25, 0.3) is 0 Å². The Bertz CT molecular complexity index is 655. The van der Waals surface area contributed by atoms with E-state index in [2.05, 4.69) is 0 Å². The van der Waals surface area contributed by atoms with Gasteiger partial charge in [0.05, 0.1) is 18.0 Å². The Hall–Kier alpha value is -1.22. The van der Waals surface area contributed by atoms with Crippen molar-refractivity contribution in [1.82, 2.24) is 4.90 Å². The van der Waals surface area contributed by atoms with Gasteiger partial charge in [-0.15, -0.1) is 0 Å². The molecule has 2 heterocycles. The number of nitrogens with zero attached hydrogens (tertiary/aromatic N) is 1. The predicted molar refractivity (Wildman–Crippen MR) is 99.7 cm³/mol. The van der Waals surface area contributed by atoms with Crippen molar-refractivity contribution in [3.8, 4) is 0 Å². The molecule has 5 atom stereocenters. The maximum absolute atomic E-state index is 13.0. The van der Waals surface area contributed by atoms with Gasteiger partial charge in [0, 0.05) is 14.2 Å². The van der Waals surface area contributed by atoms with Gasteiger partial charge in [-0.3, -0.25) is 9.69 Å². The fourth-order valence-electron chi connectivity index (χ4n) is 4.52. The molecular weight excluding hydrogens is 366 g/mol. The van der Waals surface area contributed by atoms with E-state index in [4.69, 9.17) is 23.7 Å². The zero-order valence-electron chi connectivity index (χ0n) is 18.2. The molecule has 1 saturated carbocycles. The molecule has 2 aliphatic heterocycles. The summed E-state index contributed by atoms with van der Waals surface area (Å²) in [4.78, 5) is 27.3. The van der Waals surface area contributed by atoms with Gasteiger partial charge >= 0.3 is 6.09 Å². The minimum Gasteiger partial charge on any atom is -0.444 e. The largest absolute Gasteiger partial charge is 0.444 e. The average molecular weight is 399 g/mol. The maximum atomic E-state index is 13.0. The highest BCUT2D eigenvalue weighted by Crippen LogP contribution is 2.56. The van der Waals surface area contributed by atoms with Crippen LogP contribution in [0.15, 0.2) is 0 Å². The summed E-state index contributed by atoms with van der Waals surface area (Å²) in [7, 11) is 3.03. The van der Waals surface area contributed by atoms with E-state index >= 15 is 0 Å². The van der Waals surface area contributed by atoms with Crippen LogP contribution in [-0.4, -0.2) is 72.5 Å². The third kappa shape index (κ3) is 3.24. The number of Topliss-reactive ketones (excluding diaryl/α,β-unsaturated/α-hetero) is 1. The number of carbonyl (C=O) groups is 2. The number of amides is 1. The lowest BCUT2D eigenvalue weighted by atomic mass is 9.79. The predicted octanol–water partition coefficient (Wildman–Crippen LogP) is 2.48. The van der Waals surface area contributed by atoms with Gasteiger partial charge in [-0.2, -0.15) is 0 Å². The first-order chi connectivity index (χ1) is 12.8. The summed E-state index contributed by atoms with van der Waals surface area (Å²) in [6.45, 7) is 10.8. The molecule has 1 amide bonds. The molecule has 8 nitrogen and oxygen atoms in total. The van der Waals surface area contributed by atoms with E-state index in [1.807, 2.05) is 20.8 Å². The number of ether oxygens (including phenoxy) is 5. The summed E-state index contributed by atoms with van der Waals surface area (Å²) in [5, 5.41) is 0. The number of rotatable bonds is 3. The second-order valence-corrected chi connectivity index (χ2v) is 9.32. The molecule has 0 N–H and O–H groups in total. The Balaban J connectivity index is 1.98. The Morgan fingerprint density at radius 3 is 2.00 bits per heavy atom. The number of methoxy groups -OCH3 is 2. The first-order valence-corrected chi connectivity index (χ1v) is 9.79. The van der Waals surface area contributed by atoms with Crippen LogP contribution in [0.4, 0.5) is 4.79 Å². The summed E-state index contributed by atoms with van der Waals surface area (Å²) in [6.07, 6.45) is -0.0482. The highest BCUT2D eigenvalue weighted by Gasteiger charge is 2.69. The highest BCUT2D eigenvalue weighted by molar-refractivity contribution is 5.83. The van der Waals surface area contributed by atoms with Crippen molar-refractivity contribution in [2.75, 3.05) is 20.8 Å². The van der Waals surface area contributed by atoms with E-state index in [-0.39, 0.29) is 12.3 Å². The SMILES string of the molecule is CO[C@@]1(C)O[C@@H]2[C@@H](C(C)=O)C3(CC3)N(C(=O)OC(C)(C)C)C[C@H]2O[C@]1(C)OC. The Kier molecular flexibility index (Phi) is 5.11. The van der Waals surface area contributed by atoms with Crippen molar-refractivity contribution in [2.24, 2.45) is 5.92 Å². The van der Waals surface area contributed by atoms with Gasteiger partial charge < -0.3 is 23.7 Å². The molecular formula is C20H33NO7. The van der Waals surface area contributed by atoms with Crippen LogP contribution < -0.4 is 0 Å². The average Bonchev–Trinajstić information content (AvgIpc) is 3.34. The monoisotopic (exact) mass is 399 g/mol. The molecule has 0 radical (unpaired) electrons. The third-order valence-electron chi connectivity index (χ3n) is 6.33. The molecule has 0 aromatic heterocycles. The van der Waals surface area contributed by atoms with E-state index in [9.17, 15) is 9.59 Å². The fraction of sp³-hybridized carbons (Fsp3) is 0.900. The summed E-state index contributed by atoms with van der Waals surface area (Å²) >= 11 is 0. The lowest BCUT2D eigenvalue weighted by Gasteiger charge is -2.58. The quantitative estimate of drug-likeness (QED) is 0.721. The molecule has 2 saturated heterocycles. The van der Waals surface area contributed by atoms with Crippen LogP contribution in [-0.2, 0) is 28.5 Å². The lowest BCUT2D eigenvalue weighted by molar-refractivity contribution is -0.456. The second kappa shape index (κ2) is 6.65. The normalized spacial score (nSPS) is 39.4. The number of carbonyl (C=O) groups excluding carboxylic acids is 2. The minimum atomic E-state index is -1.20. The smallest absolute Gasteiger partial charge is 0.410 e. The molecule has 1 spiro atoms. The van der Waals surface area contributed by atoms with Crippen molar-refractivity contribution < 1.29 is 33.3 Å². The topological polar surface area (TPSA) is 83.5 Å². The summed E-state index contributed by atoms with van der Waals surface area (Å²) in [5.41, 5.74) is -1.22. The Morgan fingerprint density at radius 2 is 1.57 bits per heavy atom. The van der Waals surface area contributed by atoms with Gasteiger partial charge in [0.1, 0.15) is 23.6 Å². The van der Waals surface area contributed by atoms with Crippen molar-refractivity contribution in [1.29, 1.82) is 0 Å². The van der Waals surface area contributed by atoms with Crippen LogP contribution in [0, 0.1) is 5.92 Å². The number of ketones is 1. The Morgan fingerprint density at radius 1 is 1.04 bits per heavy atom. The molecule has 0 aromatic carbocycles. The summed E-state index contributed by atoms with van der Waals surface area (Å²) in [6, 6.07) is 0. The third-order valence-corrected chi connectivity index (χ3v) is 6.33. The second-order valence-electron chi connectivity index (χ2n) is 9.32. The number of hydrogen-bond donors (Lipinski definition) is 0. The van der Waals surface area contributed by atoms with Gasteiger partial charge in [-0.25, -0.2) is 4.79 Å². The number of hydrogen-bond acceptors (Lipinski definition) is 7. The van der Waals surface area contributed by atoms with E-state index in [1.165, 1.54) is 21.1 Å². The Labute approximate surface area is 166 Å². The van der Waals surface area contributed by atoms with Crippen LogP contribution in [0.1, 0.15) is 54.4 Å². The van der Waals surface area contributed by atoms with Crippen LogP contribution in [0.5, 0.6) is 0 Å². The molecule has 0 aromatic rings. The molecule has 28 heavy (non-hydrogen) atoms. The number of fused-ring (bicyclic) bond motifs is 1. The van der Waals surface area contributed by atoms with Crippen LogP contribution in [0.25, 0.3) is 0 Å². The van der Waals surface area contributed by atoms with Crippen molar-refractivity contribution in [2.45, 2.75) is 89.3 Å². The molecule has 3 fully saturated rings. The fourth-order valence-corrected chi connectivity index (χ4v) is 4.52. The van der Waals surface area contributed by atoms with Crippen molar-refractivity contribution >= 4 is 11.9 Å². The maximum Gasteiger partial charge on any atom is 0.410 e. The molecule has 8 heteroatoms. The van der Waals surface area contributed by atoms with E-state index in [0.29, 0.717) is 0 Å². The summed E-state index contributed by atoms with van der Waals surface area (Å²) in [5.74, 6) is -2.95. The molecule has 3 aliphatic rings. The standard InChI is InChI=1S/C20H33NO7/c1-12(22)14-15-13(26-18(5,24-7)19(6,25-8)27-15)11-21(20(14)9-10-20)16(23)28-17(2,3)4/h13-15H,9-11H2,1-8H3/t13-,14-,15+,18+,19+/m1/s1. The number of likely N-dealkylation sites (tertiary alicyclic amines) is 1. The highest BCUT2D eigenvalue weighted by atomic mass is 16.8. The number of piperidine rings is 1. The van der Waals surface area contributed by atoms with Crippen LogP contribution >= 0.6 is 0 Å². The van der Waals surface area contributed by atoms with E-state index < -0.39 is 46.9 Å². The summed E-state index contributed by atoms with van der Waals surface area (Å²) < 4.78 is 29.4. The van der Waals surface area contributed by atoms with Gasteiger partial charge in [-0.05, 0) is 54.4 Å². The van der Waals surface area contributed by atoms with Crippen LogP contribution in [0.2, 0.25) is 0 Å². The van der Waals surface area contributed by atoms with E-state index in [0.717, 1.165) is 12.8 Å². The molecule has 1 aliphatic carbocycles. The molecule has 160 valence electrons. The van der Waals surface area contributed by atoms with Gasteiger partial charge in [0.15, 0.2) is 0 Å². The van der Waals surface area contributed by atoms with Crippen molar-refractivity contribution in [3.63, 3.8) is 0 Å². The molecule has 0 unspecified atom stereocenters. The minimum absolute atomic E-state index is 0.0381. The molecule has 0 bridgehead atoms. The van der Waals surface area contributed by atoms with Crippen molar-refractivity contribution in [3.05, 3.63) is 0 Å². The van der Waals surface area contributed by atoms with Gasteiger partial charge in [0.2, 0.25) is 11.6 Å². The molecule has 3 rings (SSSR count). The van der Waals surface area contributed by atoms with E-state index in [1.54, 1.807) is 18.7 Å². The first-order valence-electron chi connectivity index (χ1n) is 9.79. The zero-order valence-corrected chi connectivity index (χ0v) is 18.2. The lowest BCUT2D eigenvalue weighted by Crippen LogP contribution is -2.73. The van der Waals surface area contributed by atoms with Crippen LogP contribution in [0.3, 0.4) is 0 Å². The van der Waals surface area contributed by atoms with Gasteiger partial charge in [-0.1, -0.05) is 0 Å².